The molecule has 6 nitrogen and oxygen atoms in total. The van der Waals surface area contributed by atoms with Crippen LogP contribution in [0.25, 0.3) is 0 Å². The molecule has 1 amide bonds. The maximum atomic E-state index is 12.2. The number of hydrogen-bond acceptors (Lipinski definition) is 5. The minimum Gasteiger partial charge on any atom is -0.343 e. The van der Waals surface area contributed by atoms with E-state index in [1.807, 2.05) is 19.2 Å². The molecule has 0 saturated carbocycles. The van der Waals surface area contributed by atoms with Crippen molar-refractivity contribution in [1.82, 2.24) is 15.0 Å². The molecule has 0 aliphatic rings. The topological polar surface area (TPSA) is 88.2 Å². The summed E-state index contributed by atoms with van der Waals surface area (Å²) in [6, 6.07) is 5.67. The van der Waals surface area contributed by atoms with Crippen molar-refractivity contribution in [3.8, 4) is 0 Å². The van der Waals surface area contributed by atoms with Crippen molar-refractivity contribution in [1.29, 1.82) is 0 Å². The Morgan fingerprint density at radius 2 is 2.00 bits per heavy atom. The van der Waals surface area contributed by atoms with Crippen LogP contribution in [0.15, 0.2) is 40.7 Å². The lowest BCUT2D eigenvalue weighted by Crippen LogP contribution is -2.27. The third-order valence-electron chi connectivity index (χ3n) is 3.14. The monoisotopic (exact) mass is 353 g/mol. The van der Waals surface area contributed by atoms with Crippen molar-refractivity contribution < 1.29 is 13.2 Å². The van der Waals surface area contributed by atoms with Gasteiger partial charge >= 0.3 is 0 Å². The van der Waals surface area contributed by atoms with Gasteiger partial charge in [-0.3, -0.25) is 4.79 Å². The van der Waals surface area contributed by atoms with Crippen molar-refractivity contribution >= 4 is 27.3 Å². The first kappa shape index (κ1) is 17.6. The smallest absolute Gasteiger partial charge is 0.251 e. The minimum atomic E-state index is -3.51. The quantitative estimate of drug-likeness (QED) is 0.799. The second-order valence-electron chi connectivity index (χ2n) is 4.99. The SMILES string of the molecule is CCCNS(=O)(=O)c1ccc(C(=O)N[C@H](C)c2nccs2)cc1. The van der Waals surface area contributed by atoms with Gasteiger partial charge in [0.15, 0.2) is 0 Å². The number of sulfonamides is 1. The molecule has 2 N–H and O–H groups in total. The van der Waals surface area contributed by atoms with Crippen molar-refractivity contribution in [3.63, 3.8) is 0 Å². The van der Waals surface area contributed by atoms with Gasteiger partial charge in [-0.2, -0.15) is 0 Å². The molecule has 2 aromatic rings. The van der Waals surface area contributed by atoms with Crippen LogP contribution in [0.2, 0.25) is 0 Å². The molecular formula is C15H19N3O3S2. The molecule has 0 saturated heterocycles. The molecule has 1 aromatic heterocycles. The summed E-state index contributed by atoms with van der Waals surface area (Å²) in [5.41, 5.74) is 0.405. The van der Waals surface area contributed by atoms with E-state index < -0.39 is 10.0 Å². The maximum Gasteiger partial charge on any atom is 0.251 e. The zero-order valence-electron chi connectivity index (χ0n) is 12.9. The van der Waals surface area contributed by atoms with Crippen LogP contribution in [0.5, 0.6) is 0 Å². The Morgan fingerprint density at radius 3 is 2.57 bits per heavy atom. The summed E-state index contributed by atoms with van der Waals surface area (Å²) in [5.74, 6) is -0.266. The zero-order valence-corrected chi connectivity index (χ0v) is 14.6. The van der Waals surface area contributed by atoms with E-state index in [9.17, 15) is 13.2 Å². The predicted molar refractivity (Wildman–Crippen MR) is 89.9 cm³/mol. The van der Waals surface area contributed by atoms with Crippen LogP contribution >= 0.6 is 11.3 Å². The van der Waals surface area contributed by atoms with E-state index in [2.05, 4.69) is 15.0 Å². The second-order valence-corrected chi connectivity index (χ2v) is 7.68. The molecule has 0 bridgehead atoms. The molecule has 2 rings (SSSR count). The van der Waals surface area contributed by atoms with Gasteiger partial charge in [0.05, 0.1) is 10.9 Å². The van der Waals surface area contributed by atoms with E-state index in [0.29, 0.717) is 18.5 Å². The molecule has 1 aromatic carbocycles. The van der Waals surface area contributed by atoms with Crippen molar-refractivity contribution in [2.24, 2.45) is 0 Å². The Hall–Kier alpha value is -1.77. The van der Waals surface area contributed by atoms with Crippen LogP contribution < -0.4 is 10.0 Å². The summed E-state index contributed by atoms with van der Waals surface area (Å²) >= 11 is 1.47. The fourth-order valence-electron chi connectivity index (χ4n) is 1.90. The van der Waals surface area contributed by atoms with E-state index >= 15 is 0 Å². The van der Waals surface area contributed by atoms with Crippen molar-refractivity contribution in [2.45, 2.75) is 31.2 Å². The van der Waals surface area contributed by atoms with Gasteiger partial charge in [-0.25, -0.2) is 18.1 Å². The van der Waals surface area contributed by atoms with E-state index in [1.165, 1.54) is 35.6 Å². The summed E-state index contributed by atoms with van der Waals surface area (Å²) < 4.78 is 26.5. The Kier molecular flexibility index (Phi) is 5.86. The largest absolute Gasteiger partial charge is 0.343 e. The highest BCUT2D eigenvalue weighted by Crippen LogP contribution is 2.16. The number of hydrogen-bond donors (Lipinski definition) is 2. The normalized spacial score (nSPS) is 12.8. The maximum absolute atomic E-state index is 12.2. The number of carbonyl (C=O) groups is 1. The fourth-order valence-corrected chi connectivity index (χ4v) is 3.68. The van der Waals surface area contributed by atoms with Crippen LogP contribution in [-0.4, -0.2) is 25.9 Å². The molecule has 0 unspecified atom stereocenters. The number of rotatable bonds is 7. The summed E-state index contributed by atoms with van der Waals surface area (Å²) in [6.45, 7) is 4.12. The van der Waals surface area contributed by atoms with E-state index in [-0.39, 0.29) is 16.8 Å². The molecule has 124 valence electrons. The lowest BCUT2D eigenvalue weighted by atomic mass is 10.2. The molecule has 8 heteroatoms. The average Bonchev–Trinajstić information content (AvgIpc) is 3.07. The molecule has 0 aliphatic carbocycles. The number of amides is 1. The minimum absolute atomic E-state index is 0.149. The van der Waals surface area contributed by atoms with Crippen LogP contribution in [-0.2, 0) is 10.0 Å². The average molecular weight is 353 g/mol. The highest BCUT2D eigenvalue weighted by molar-refractivity contribution is 7.89. The third kappa shape index (κ3) is 4.60. The molecule has 0 spiro atoms. The lowest BCUT2D eigenvalue weighted by Gasteiger charge is -2.11. The van der Waals surface area contributed by atoms with Gasteiger partial charge in [-0.1, -0.05) is 6.92 Å². The van der Waals surface area contributed by atoms with Crippen LogP contribution in [0.1, 0.15) is 41.7 Å². The first-order valence-electron chi connectivity index (χ1n) is 7.24. The molecule has 0 aliphatic heterocycles. The molecular weight excluding hydrogens is 334 g/mol. The molecule has 0 fully saturated rings. The number of nitrogens with zero attached hydrogens (tertiary/aromatic N) is 1. The van der Waals surface area contributed by atoms with Gasteiger partial charge < -0.3 is 5.32 Å². The van der Waals surface area contributed by atoms with E-state index in [0.717, 1.165) is 5.01 Å². The molecule has 1 heterocycles. The Bertz CT molecular complexity index is 741. The first-order chi connectivity index (χ1) is 10.9. The Balaban J connectivity index is 2.05. The summed E-state index contributed by atoms with van der Waals surface area (Å²) in [4.78, 5) is 16.5. The Morgan fingerprint density at radius 1 is 1.30 bits per heavy atom. The first-order valence-corrected chi connectivity index (χ1v) is 9.60. The zero-order chi connectivity index (χ0) is 16.9. The summed E-state index contributed by atoms with van der Waals surface area (Å²) in [5, 5.41) is 5.50. The van der Waals surface area contributed by atoms with Crippen LogP contribution in [0, 0.1) is 0 Å². The van der Waals surface area contributed by atoms with E-state index in [4.69, 9.17) is 0 Å². The van der Waals surface area contributed by atoms with Gasteiger partial charge in [0.1, 0.15) is 5.01 Å². The van der Waals surface area contributed by atoms with Gasteiger partial charge in [0.25, 0.3) is 5.91 Å². The number of aromatic nitrogens is 1. The van der Waals surface area contributed by atoms with Gasteiger partial charge in [-0.05, 0) is 37.6 Å². The Labute approximate surface area is 140 Å². The number of carbonyl (C=O) groups excluding carboxylic acids is 1. The summed E-state index contributed by atoms with van der Waals surface area (Å²) in [7, 11) is -3.51. The standard InChI is InChI=1S/C15H19N3O3S2/c1-3-8-17-23(20,21)13-6-4-12(5-7-13)14(19)18-11(2)15-16-9-10-22-15/h4-7,9-11,17H,3,8H2,1-2H3,(H,18,19)/t11-/m1/s1. The second kappa shape index (κ2) is 7.67. The van der Waals surface area contributed by atoms with Crippen LogP contribution in [0.4, 0.5) is 0 Å². The number of thiazole rings is 1. The van der Waals surface area contributed by atoms with Crippen LogP contribution in [0.3, 0.4) is 0 Å². The van der Waals surface area contributed by atoms with Gasteiger partial charge in [0, 0.05) is 23.7 Å². The number of benzene rings is 1. The molecule has 23 heavy (non-hydrogen) atoms. The highest BCUT2D eigenvalue weighted by atomic mass is 32.2. The molecule has 1 atom stereocenters. The lowest BCUT2D eigenvalue weighted by molar-refractivity contribution is 0.0939. The van der Waals surface area contributed by atoms with Crippen molar-refractivity contribution in [3.05, 3.63) is 46.4 Å². The highest BCUT2D eigenvalue weighted by Gasteiger charge is 2.16. The van der Waals surface area contributed by atoms with Gasteiger partial charge in [-0.15, -0.1) is 11.3 Å². The predicted octanol–water partition coefficient (Wildman–Crippen LogP) is 2.32. The fraction of sp³-hybridized carbons (Fsp3) is 0.333. The van der Waals surface area contributed by atoms with E-state index in [1.54, 1.807) is 6.20 Å². The van der Waals surface area contributed by atoms with Gasteiger partial charge in [0.2, 0.25) is 10.0 Å². The van der Waals surface area contributed by atoms with Crippen molar-refractivity contribution in [2.75, 3.05) is 6.54 Å². The third-order valence-corrected chi connectivity index (χ3v) is 5.57. The number of nitrogens with one attached hydrogen (secondary N) is 2. The molecule has 0 radical (unpaired) electrons. The summed E-state index contributed by atoms with van der Waals surface area (Å²) in [6.07, 6.45) is 2.40.